The molecule has 182 valence electrons. The van der Waals surface area contributed by atoms with Crippen molar-refractivity contribution < 1.29 is 18.0 Å². The van der Waals surface area contributed by atoms with Gasteiger partial charge in [-0.05, 0) is 68.2 Å². The lowest BCUT2D eigenvalue weighted by atomic mass is 10.1. The Labute approximate surface area is 210 Å². The number of alkyl halides is 3. The second-order valence-corrected chi connectivity index (χ2v) is 9.70. The fourth-order valence-corrected chi connectivity index (χ4v) is 4.78. The van der Waals surface area contributed by atoms with Crippen LogP contribution in [0.5, 0.6) is 0 Å². The van der Waals surface area contributed by atoms with E-state index >= 15 is 0 Å². The molecule has 0 saturated carbocycles. The number of benzene rings is 2. The number of thiophene rings is 1. The van der Waals surface area contributed by atoms with Crippen molar-refractivity contribution in [1.82, 2.24) is 14.8 Å². The molecule has 9 heteroatoms. The molecule has 0 aliphatic rings. The minimum Gasteiger partial charge on any atom is -0.350 e. The number of hydrogen-bond donors (Lipinski definition) is 1. The third-order valence-electron chi connectivity index (χ3n) is 5.40. The van der Waals surface area contributed by atoms with Crippen LogP contribution >= 0.6 is 22.9 Å². The highest BCUT2D eigenvalue weighted by Gasteiger charge is 2.34. The van der Waals surface area contributed by atoms with Gasteiger partial charge in [-0.3, -0.25) is 4.79 Å². The van der Waals surface area contributed by atoms with Crippen LogP contribution in [0.1, 0.15) is 15.2 Å². The molecular formula is C26H23ClF3N3OS. The molecule has 0 aliphatic heterocycles. The minimum atomic E-state index is -4.54. The predicted octanol–water partition coefficient (Wildman–Crippen LogP) is 6.84. The molecule has 0 unspecified atom stereocenters. The molecule has 1 amide bonds. The fraction of sp³-hybridized carbons (Fsp3) is 0.192. The molecule has 0 spiro atoms. The lowest BCUT2D eigenvalue weighted by Crippen LogP contribution is -2.30. The number of rotatable bonds is 7. The summed E-state index contributed by atoms with van der Waals surface area (Å²) in [5.74, 6) is -0.213. The molecule has 0 aliphatic carbocycles. The Kier molecular flexibility index (Phi) is 7.35. The quantitative estimate of drug-likeness (QED) is 0.291. The van der Waals surface area contributed by atoms with Crippen molar-refractivity contribution in [2.75, 3.05) is 27.2 Å². The number of halogens is 4. The van der Waals surface area contributed by atoms with Crippen molar-refractivity contribution in [3.05, 3.63) is 88.3 Å². The second-order valence-electron chi connectivity index (χ2n) is 8.18. The number of likely N-dealkylation sites (N-methyl/N-ethyl adjacent to an activating group) is 1. The zero-order chi connectivity index (χ0) is 25.2. The molecule has 0 atom stereocenters. The zero-order valence-corrected chi connectivity index (χ0v) is 20.6. The second kappa shape index (κ2) is 10.3. The number of aromatic nitrogens is 1. The normalized spacial score (nSPS) is 11.7. The van der Waals surface area contributed by atoms with Crippen LogP contribution in [-0.4, -0.2) is 42.6 Å². The van der Waals surface area contributed by atoms with Crippen molar-refractivity contribution in [2.45, 2.75) is 6.18 Å². The van der Waals surface area contributed by atoms with Crippen LogP contribution in [0.25, 0.3) is 27.5 Å². The number of hydrogen-bond acceptors (Lipinski definition) is 3. The van der Waals surface area contributed by atoms with Gasteiger partial charge in [0.25, 0.3) is 5.91 Å². The molecule has 4 rings (SSSR count). The molecule has 0 fully saturated rings. The summed E-state index contributed by atoms with van der Waals surface area (Å²) in [5, 5.41) is 3.40. The number of carbonyl (C=O) groups is 1. The number of carbonyl (C=O) groups excluding carboxylic acids is 1. The van der Waals surface area contributed by atoms with E-state index in [1.54, 1.807) is 59.2 Å². The molecule has 4 nitrogen and oxygen atoms in total. The Hall–Kier alpha value is -3.07. The Morgan fingerprint density at radius 1 is 0.971 bits per heavy atom. The van der Waals surface area contributed by atoms with Crippen LogP contribution in [0.4, 0.5) is 13.2 Å². The van der Waals surface area contributed by atoms with E-state index in [-0.39, 0.29) is 11.6 Å². The summed E-state index contributed by atoms with van der Waals surface area (Å²) in [6, 6.07) is 19.4. The van der Waals surface area contributed by atoms with Crippen molar-refractivity contribution in [2.24, 2.45) is 0 Å². The maximum Gasteiger partial charge on any atom is 0.418 e. The highest BCUT2D eigenvalue weighted by molar-refractivity contribution is 7.17. The first-order chi connectivity index (χ1) is 16.6. The van der Waals surface area contributed by atoms with Crippen molar-refractivity contribution in [1.29, 1.82) is 0 Å². The Bertz CT molecular complexity index is 1330. The average molecular weight is 518 g/mol. The van der Waals surface area contributed by atoms with Crippen LogP contribution in [-0.2, 0) is 6.18 Å². The van der Waals surface area contributed by atoms with Crippen LogP contribution in [0.2, 0.25) is 5.02 Å². The average Bonchev–Trinajstić information content (AvgIpc) is 3.46. The van der Waals surface area contributed by atoms with E-state index in [2.05, 4.69) is 5.32 Å². The van der Waals surface area contributed by atoms with E-state index in [1.807, 2.05) is 19.0 Å². The molecule has 0 radical (unpaired) electrons. The van der Waals surface area contributed by atoms with Gasteiger partial charge in [0, 0.05) is 18.1 Å². The Balaban J connectivity index is 1.81. The standard InChI is InChI=1S/C26H23ClF3N3OS/c1-32(2)16-15-31-25(34)24-14-13-23(35-24)22-12-11-20(17-7-9-18(27)10-8-17)33(22)21-6-4-3-5-19(21)26(28,29)30/h3-14H,15-16H2,1-2H3,(H,31,34). The summed E-state index contributed by atoms with van der Waals surface area (Å²) in [6.07, 6.45) is -4.54. The molecule has 35 heavy (non-hydrogen) atoms. The van der Waals surface area contributed by atoms with Gasteiger partial charge in [0.05, 0.1) is 32.4 Å². The number of amides is 1. The van der Waals surface area contributed by atoms with E-state index in [1.165, 1.54) is 23.5 Å². The summed E-state index contributed by atoms with van der Waals surface area (Å²) >= 11 is 7.27. The summed E-state index contributed by atoms with van der Waals surface area (Å²) in [5.41, 5.74) is 1.12. The maximum atomic E-state index is 14.0. The van der Waals surface area contributed by atoms with Gasteiger partial charge in [-0.25, -0.2) is 0 Å². The van der Waals surface area contributed by atoms with Gasteiger partial charge in [0.1, 0.15) is 0 Å². The first-order valence-electron chi connectivity index (χ1n) is 10.8. The SMILES string of the molecule is CN(C)CCNC(=O)c1ccc(-c2ccc(-c3ccc(Cl)cc3)n2-c2ccccc2C(F)(F)F)s1. The predicted molar refractivity (Wildman–Crippen MR) is 135 cm³/mol. The molecule has 1 N–H and O–H groups in total. The van der Waals surface area contributed by atoms with Crippen LogP contribution < -0.4 is 5.32 Å². The number of nitrogens with one attached hydrogen (secondary N) is 1. The third kappa shape index (κ3) is 5.61. The number of nitrogens with zero attached hydrogens (tertiary/aromatic N) is 2. The largest absolute Gasteiger partial charge is 0.418 e. The van der Waals surface area contributed by atoms with Crippen molar-refractivity contribution in [3.63, 3.8) is 0 Å². The van der Waals surface area contributed by atoms with Crippen molar-refractivity contribution in [3.8, 4) is 27.5 Å². The lowest BCUT2D eigenvalue weighted by Gasteiger charge is -2.18. The van der Waals surface area contributed by atoms with Crippen LogP contribution in [0, 0.1) is 0 Å². The molecule has 2 heterocycles. The molecular weight excluding hydrogens is 495 g/mol. The smallest absolute Gasteiger partial charge is 0.350 e. The van der Waals surface area contributed by atoms with Crippen molar-refractivity contribution >= 4 is 28.8 Å². The first kappa shape index (κ1) is 25.0. The molecule has 0 saturated heterocycles. The molecule has 2 aromatic carbocycles. The van der Waals surface area contributed by atoms with E-state index in [0.29, 0.717) is 39.3 Å². The van der Waals surface area contributed by atoms with Gasteiger partial charge >= 0.3 is 6.18 Å². The van der Waals surface area contributed by atoms with Gasteiger partial charge in [-0.15, -0.1) is 11.3 Å². The molecule has 4 aromatic rings. The maximum absolute atomic E-state index is 14.0. The van der Waals surface area contributed by atoms with Crippen LogP contribution in [0.15, 0.2) is 72.8 Å². The fourth-order valence-electron chi connectivity index (χ4n) is 3.72. The Morgan fingerprint density at radius 3 is 2.34 bits per heavy atom. The number of para-hydroxylation sites is 1. The van der Waals surface area contributed by atoms with Gasteiger partial charge in [0.15, 0.2) is 0 Å². The lowest BCUT2D eigenvalue weighted by molar-refractivity contribution is -0.137. The molecule has 2 aromatic heterocycles. The van der Waals surface area contributed by atoms with Gasteiger partial charge in [0.2, 0.25) is 0 Å². The highest BCUT2D eigenvalue weighted by Crippen LogP contribution is 2.40. The first-order valence-corrected chi connectivity index (χ1v) is 12.0. The van der Waals surface area contributed by atoms with E-state index in [9.17, 15) is 18.0 Å². The van der Waals surface area contributed by atoms with Crippen LogP contribution in [0.3, 0.4) is 0 Å². The summed E-state index contributed by atoms with van der Waals surface area (Å²) in [6.45, 7) is 1.20. The summed E-state index contributed by atoms with van der Waals surface area (Å²) in [4.78, 5) is 15.7. The highest BCUT2D eigenvalue weighted by atomic mass is 35.5. The molecule has 0 bridgehead atoms. The third-order valence-corrected chi connectivity index (χ3v) is 6.76. The topological polar surface area (TPSA) is 37.3 Å². The van der Waals surface area contributed by atoms with Gasteiger partial charge in [-0.1, -0.05) is 35.9 Å². The van der Waals surface area contributed by atoms with Gasteiger partial charge < -0.3 is 14.8 Å². The summed E-state index contributed by atoms with van der Waals surface area (Å²) < 4.78 is 43.5. The monoisotopic (exact) mass is 517 g/mol. The summed E-state index contributed by atoms with van der Waals surface area (Å²) in [7, 11) is 3.83. The van der Waals surface area contributed by atoms with E-state index < -0.39 is 11.7 Å². The zero-order valence-electron chi connectivity index (χ0n) is 19.1. The minimum absolute atomic E-state index is 0.00957. The van der Waals surface area contributed by atoms with E-state index in [4.69, 9.17) is 11.6 Å². The van der Waals surface area contributed by atoms with Gasteiger partial charge in [-0.2, -0.15) is 13.2 Å². The van der Waals surface area contributed by atoms with E-state index in [0.717, 1.165) is 11.6 Å². The Morgan fingerprint density at radius 2 is 1.66 bits per heavy atom.